The second kappa shape index (κ2) is 5.72. The number of halogens is 1. The van der Waals surface area contributed by atoms with Crippen LogP contribution in [0.3, 0.4) is 0 Å². The van der Waals surface area contributed by atoms with Gasteiger partial charge in [0.2, 0.25) is 5.91 Å². The largest absolute Gasteiger partial charge is 0.361 e. The number of ether oxygens (including phenoxy) is 1. The van der Waals surface area contributed by atoms with E-state index in [1.165, 1.54) is 0 Å². The summed E-state index contributed by atoms with van der Waals surface area (Å²) in [5.41, 5.74) is 0.426. The van der Waals surface area contributed by atoms with Crippen LogP contribution in [-0.2, 0) is 14.9 Å². The summed E-state index contributed by atoms with van der Waals surface area (Å²) in [6.45, 7) is 7.15. The summed E-state index contributed by atoms with van der Waals surface area (Å²) >= 11 is 3.41. The smallest absolute Gasteiger partial charge is 0.240 e. The molecular weight excluding hydrogens is 324 g/mol. The predicted molar refractivity (Wildman–Crippen MR) is 82.5 cm³/mol. The lowest BCUT2D eigenvalue weighted by Crippen LogP contribution is -2.37. The number of nitrogens with zero attached hydrogens (tertiary/aromatic N) is 2. The monoisotopic (exact) mass is 342 g/mol. The zero-order valence-electron chi connectivity index (χ0n) is 11.6. The van der Waals surface area contributed by atoms with E-state index in [0.717, 1.165) is 28.5 Å². The van der Waals surface area contributed by atoms with Crippen LogP contribution in [0, 0.1) is 0 Å². The van der Waals surface area contributed by atoms with Crippen LogP contribution < -0.4 is 4.90 Å². The molecule has 0 aromatic carbocycles. The van der Waals surface area contributed by atoms with Crippen LogP contribution in [0.15, 0.2) is 16.7 Å². The van der Waals surface area contributed by atoms with Crippen LogP contribution in [0.1, 0.15) is 19.4 Å². The molecule has 0 fully saturated rings. The molecule has 0 bridgehead atoms. The maximum absolute atomic E-state index is 12.5. The average Bonchev–Trinajstić information content (AvgIpc) is 2.55. The summed E-state index contributed by atoms with van der Waals surface area (Å²) in [6, 6.07) is 3.12. The molecule has 0 aliphatic carbocycles. The third kappa shape index (κ3) is 2.75. The quantitative estimate of drug-likeness (QED) is 0.607. The van der Waals surface area contributed by atoms with Gasteiger partial charge in [0.05, 0.1) is 5.41 Å². The topological polar surface area (TPSA) is 42.4 Å². The van der Waals surface area contributed by atoms with Gasteiger partial charge in [-0.2, -0.15) is 0 Å². The molecule has 19 heavy (non-hydrogen) atoms. The molecule has 0 saturated carbocycles. The van der Waals surface area contributed by atoms with Gasteiger partial charge < -0.3 is 4.74 Å². The number of carbonyl (C=O) groups is 1. The third-order valence-corrected chi connectivity index (χ3v) is 4.83. The van der Waals surface area contributed by atoms with Crippen molar-refractivity contribution in [3.63, 3.8) is 0 Å². The number of amides is 1. The first-order valence-electron chi connectivity index (χ1n) is 6.54. The lowest BCUT2D eigenvalue weighted by molar-refractivity contribution is -0.123. The summed E-state index contributed by atoms with van der Waals surface area (Å²) in [5.74, 6) is 0.786. The molecule has 104 valence electrons. The van der Waals surface area contributed by atoms with Gasteiger partial charge in [-0.1, -0.05) is 6.55 Å². The molecule has 4 nitrogen and oxygen atoms in total. The van der Waals surface area contributed by atoms with Crippen molar-refractivity contribution in [3.05, 3.63) is 22.3 Å². The summed E-state index contributed by atoms with van der Waals surface area (Å²) in [6.07, 6.45) is 1.72. The first-order chi connectivity index (χ1) is 8.98. The van der Waals surface area contributed by atoms with Gasteiger partial charge in [-0.05, 0) is 41.9 Å². The average molecular weight is 343 g/mol. The van der Waals surface area contributed by atoms with E-state index in [9.17, 15) is 4.79 Å². The number of hydrogen-bond acceptors (Lipinski definition) is 3. The Morgan fingerprint density at radius 1 is 1.53 bits per heavy atom. The van der Waals surface area contributed by atoms with Crippen LogP contribution >= 0.6 is 15.9 Å². The Labute approximate surface area is 124 Å². The first-order valence-corrected chi connectivity index (χ1v) is 9.75. The van der Waals surface area contributed by atoms with Crippen molar-refractivity contribution in [3.8, 4) is 0 Å². The van der Waals surface area contributed by atoms with E-state index in [2.05, 4.69) is 27.5 Å². The van der Waals surface area contributed by atoms with Crippen molar-refractivity contribution >= 4 is 37.2 Å². The van der Waals surface area contributed by atoms with E-state index in [1.807, 2.05) is 19.9 Å². The molecule has 0 atom stereocenters. The molecule has 2 rings (SSSR count). The minimum atomic E-state index is -0.533. The molecule has 0 radical (unpaired) electrons. The molecular formula is C13H19BrN2O2Si. The summed E-state index contributed by atoms with van der Waals surface area (Å²) in [7, 11) is 0.0221. The number of rotatable bonds is 5. The molecule has 6 heteroatoms. The van der Waals surface area contributed by atoms with Crippen molar-refractivity contribution in [1.82, 2.24) is 4.98 Å². The highest BCUT2D eigenvalue weighted by Crippen LogP contribution is 2.40. The lowest BCUT2D eigenvalue weighted by Gasteiger charge is -2.19. The van der Waals surface area contributed by atoms with Crippen LogP contribution in [0.2, 0.25) is 12.6 Å². The van der Waals surface area contributed by atoms with E-state index in [1.54, 1.807) is 11.1 Å². The summed E-state index contributed by atoms with van der Waals surface area (Å²) in [5, 5.41) is 0. The Bertz CT molecular complexity index is 494. The highest BCUT2D eigenvalue weighted by atomic mass is 79.9. The number of hydrogen-bond donors (Lipinski definition) is 0. The second-order valence-electron chi connectivity index (χ2n) is 5.27. The van der Waals surface area contributed by atoms with E-state index in [0.29, 0.717) is 6.73 Å². The van der Waals surface area contributed by atoms with Crippen molar-refractivity contribution in [2.45, 2.75) is 31.9 Å². The molecule has 2 heterocycles. The van der Waals surface area contributed by atoms with Crippen LogP contribution in [0.4, 0.5) is 5.82 Å². The van der Waals surface area contributed by atoms with E-state index < -0.39 is 5.41 Å². The fraction of sp³-hybridized carbons (Fsp3) is 0.538. The second-order valence-corrected chi connectivity index (χ2v) is 7.90. The number of pyridine rings is 1. The SMILES string of the molecule is C[SiH2]CCOCN1C(=O)C(C)(C)c2cc(Br)cnc21. The fourth-order valence-electron chi connectivity index (χ4n) is 2.18. The van der Waals surface area contributed by atoms with E-state index in [-0.39, 0.29) is 15.4 Å². The summed E-state index contributed by atoms with van der Waals surface area (Å²) in [4.78, 5) is 18.5. The molecule has 1 aliphatic heterocycles. The highest BCUT2D eigenvalue weighted by Gasteiger charge is 2.45. The summed E-state index contributed by atoms with van der Waals surface area (Å²) < 4.78 is 6.49. The minimum absolute atomic E-state index is 0.0221. The lowest BCUT2D eigenvalue weighted by atomic mass is 9.87. The van der Waals surface area contributed by atoms with Gasteiger partial charge in [0.25, 0.3) is 0 Å². The van der Waals surface area contributed by atoms with Crippen LogP contribution in [0.5, 0.6) is 0 Å². The highest BCUT2D eigenvalue weighted by molar-refractivity contribution is 9.10. The molecule has 0 N–H and O–H groups in total. The molecule has 1 amide bonds. The third-order valence-electron chi connectivity index (χ3n) is 3.40. The molecule has 1 aliphatic rings. The van der Waals surface area contributed by atoms with Crippen LogP contribution in [-0.4, -0.2) is 33.7 Å². The number of carbonyl (C=O) groups excluding carboxylic acids is 1. The predicted octanol–water partition coefficient (Wildman–Crippen LogP) is 2.08. The van der Waals surface area contributed by atoms with E-state index >= 15 is 0 Å². The maximum atomic E-state index is 12.5. The number of aromatic nitrogens is 1. The van der Waals surface area contributed by atoms with Crippen molar-refractivity contribution in [2.24, 2.45) is 0 Å². The molecule has 1 aromatic rings. The fourth-order valence-corrected chi connectivity index (χ4v) is 3.00. The molecule has 0 unspecified atom stereocenters. The van der Waals surface area contributed by atoms with E-state index in [4.69, 9.17) is 4.74 Å². The standard InChI is InChI=1S/C13H19BrN2O2Si/c1-13(2)10-6-9(14)7-15-11(10)16(12(13)17)8-18-4-5-19-3/h6-7H,4-5,8,19H2,1-3H3. The Morgan fingerprint density at radius 3 is 2.95 bits per heavy atom. The molecule has 0 saturated heterocycles. The Morgan fingerprint density at radius 2 is 2.26 bits per heavy atom. The Kier molecular flexibility index (Phi) is 4.42. The van der Waals surface area contributed by atoms with Gasteiger partial charge in [-0.15, -0.1) is 0 Å². The number of fused-ring (bicyclic) bond motifs is 1. The van der Waals surface area contributed by atoms with Gasteiger partial charge in [0, 0.05) is 32.4 Å². The zero-order valence-corrected chi connectivity index (χ0v) is 14.6. The molecule has 0 spiro atoms. The van der Waals surface area contributed by atoms with Crippen LogP contribution in [0.25, 0.3) is 0 Å². The van der Waals surface area contributed by atoms with Crippen molar-refractivity contribution in [2.75, 3.05) is 18.2 Å². The van der Waals surface area contributed by atoms with Crippen molar-refractivity contribution in [1.29, 1.82) is 0 Å². The van der Waals surface area contributed by atoms with Gasteiger partial charge in [-0.25, -0.2) is 4.98 Å². The van der Waals surface area contributed by atoms with Gasteiger partial charge in [0.15, 0.2) is 0 Å². The first kappa shape index (κ1) is 14.7. The zero-order chi connectivity index (χ0) is 14.0. The Balaban J connectivity index is 2.20. The van der Waals surface area contributed by atoms with Gasteiger partial charge in [0.1, 0.15) is 12.5 Å². The Hall–Kier alpha value is -0.723. The van der Waals surface area contributed by atoms with Gasteiger partial charge >= 0.3 is 0 Å². The molecule has 1 aromatic heterocycles. The minimum Gasteiger partial charge on any atom is -0.361 e. The van der Waals surface area contributed by atoms with Gasteiger partial charge in [-0.3, -0.25) is 9.69 Å². The number of anilines is 1. The van der Waals surface area contributed by atoms with Crippen molar-refractivity contribution < 1.29 is 9.53 Å². The normalized spacial score (nSPS) is 17.5. The maximum Gasteiger partial charge on any atom is 0.240 e.